The molecule has 0 aliphatic heterocycles. The summed E-state index contributed by atoms with van der Waals surface area (Å²) in [6.07, 6.45) is 0. The second-order valence-electron chi connectivity index (χ2n) is 6.88. The van der Waals surface area contributed by atoms with Gasteiger partial charge in [-0.2, -0.15) is 0 Å². The van der Waals surface area contributed by atoms with Crippen LogP contribution in [-0.4, -0.2) is 27.1 Å². The molecule has 1 N–H and O–H groups in total. The quantitative estimate of drug-likeness (QED) is 0.624. The molecule has 0 saturated heterocycles. The zero-order valence-corrected chi connectivity index (χ0v) is 17.0. The Kier molecular flexibility index (Phi) is 6.74. The highest BCUT2D eigenvalue weighted by Crippen LogP contribution is 2.29. The molecule has 0 heterocycles. The van der Waals surface area contributed by atoms with Crippen LogP contribution >= 0.6 is 0 Å². The number of hydrogen-bond donors (Lipinski definition) is 1. The first kappa shape index (κ1) is 20.3. The lowest BCUT2D eigenvalue weighted by Crippen LogP contribution is -2.22. The minimum Gasteiger partial charge on any atom is -0.493 e. The fraction of sp³-hybridized carbons (Fsp3) is 0.208. The minimum atomic E-state index is -0.112. The number of nitrogens with zero attached hydrogens (tertiary/aromatic N) is 1. The topological polar surface area (TPSA) is 50.8 Å². The molecule has 150 valence electrons. The van der Waals surface area contributed by atoms with Crippen molar-refractivity contribution in [1.29, 1.82) is 0 Å². The SMILES string of the molecule is COc1cc(CNC(=O)c2ccc(N(C)C)cc2)ccc1OCc1ccccc1. The monoisotopic (exact) mass is 390 g/mol. The van der Waals surface area contributed by atoms with E-state index in [4.69, 9.17) is 9.47 Å². The molecule has 3 rings (SSSR count). The van der Waals surface area contributed by atoms with E-state index in [0.717, 1.165) is 16.8 Å². The highest BCUT2D eigenvalue weighted by Gasteiger charge is 2.09. The lowest BCUT2D eigenvalue weighted by Gasteiger charge is -2.14. The van der Waals surface area contributed by atoms with Crippen LogP contribution in [0.25, 0.3) is 0 Å². The number of amides is 1. The Morgan fingerprint density at radius 1 is 0.897 bits per heavy atom. The molecular formula is C24H26N2O3. The van der Waals surface area contributed by atoms with Gasteiger partial charge in [-0.15, -0.1) is 0 Å². The molecule has 0 fully saturated rings. The largest absolute Gasteiger partial charge is 0.493 e. The molecule has 0 spiro atoms. The van der Waals surface area contributed by atoms with Gasteiger partial charge in [0.2, 0.25) is 0 Å². The molecule has 0 atom stereocenters. The summed E-state index contributed by atoms with van der Waals surface area (Å²) in [7, 11) is 5.55. The van der Waals surface area contributed by atoms with E-state index in [1.54, 1.807) is 7.11 Å². The summed E-state index contributed by atoms with van der Waals surface area (Å²) in [4.78, 5) is 14.4. The molecular weight excluding hydrogens is 364 g/mol. The second kappa shape index (κ2) is 9.64. The summed E-state index contributed by atoms with van der Waals surface area (Å²) in [6.45, 7) is 0.875. The van der Waals surface area contributed by atoms with Gasteiger partial charge in [-0.05, 0) is 47.5 Å². The molecule has 3 aromatic rings. The number of anilines is 1. The predicted molar refractivity (Wildman–Crippen MR) is 116 cm³/mol. The fourth-order valence-corrected chi connectivity index (χ4v) is 2.87. The molecule has 0 saturated carbocycles. The van der Waals surface area contributed by atoms with Gasteiger partial charge < -0.3 is 19.7 Å². The Morgan fingerprint density at radius 2 is 1.62 bits per heavy atom. The van der Waals surface area contributed by atoms with Crippen molar-refractivity contribution >= 4 is 11.6 Å². The lowest BCUT2D eigenvalue weighted by molar-refractivity contribution is 0.0951. The molecule has 5 nitrogen and oxygen atoms in total. The van der Waals surface area contributed by atoms with Crippen LogP contribution in [0.5, 0.6) is 11.5 Å². The number of methoxy groups -OCH3 is 1. The van der Waals surface area contributed by atoms with Gasteiger partial charge in [0.05, 0.1) is 7.11 Å². The van der Waals surface area contributed by atoms with Gasteiger partial charge in [-0.25, -0.2) is 0 Å². The Balaban J connectivity index is 1.60. The van der Waals surface area contributed by atoms with Crippen LogP contribution in [-0.2, 0) is 13.2 Å². The summed E-state index contributed by atoms with van der Waals surface area (Å²) in [5, 5.41) is 2.94. The molecule has 0 aromatic heterocycles. The maximum atomic E-state index is 12.4. The van der Waals surface area contributed by atoms with Gasteiger partial charge in [0.15, 0.2) is 11.5 Å². The summed E-state index contributed by atoms with van der Waals surface area (Å²) < 4.78 is 11.3. The number of rotatable bonds is 8. The number of carbonyl (C=O) groups is 1. The Hall–Kier alpha value is -3.47. The molecule has 0 bridgehead atoms. The first-order chi connectivity index (χ1) is 14.1. The standard InChI is InChI=1S/C24H26N2O3/c1-26(2)21-12-10-20(11-13-21)24(27)25-16-19-9-14-22(23(15-19)28-3)29-17-18-7-5-4-6-8-18/h4-15H,16-17H2,1-3H3,(H,25,27). The summed E-state index contributed by atoms with van der Waals surface area (Å²) in [6, 6.07) is 23.2. The highest BCUT2D eigenvalue weighted by molar-refractivity contribution is 5.94. The van der Waals surface area contributed by atoms with Crippen LogP contribution in [0.1, 0.15) is 21.5 Å². The molecule has 0 aliphatic carbocycles. The van der Waals surface area contributed by atoms with E-state index in [-0.39, 0.29) is 5.91 Å². The smallest absolute Gasteiger partial charge is 0.251 e. The molecule has 0 unspecified atom stereocenters. The third kappa shape index (κ3) is 5.51. The Morgan fingerprint density at radius 3 is 2.28 bits per heavy atom. The third-order valence-electron chi connectivity index (χ3n) is 4.56. The van der Waals surface area contributed by atoms with E-state index in [0.29, 0.717) is 30.2 Å². The van der Waals surface area contributed by atoms with Gasteiger partial charge in [-0.3, -0.25) is 4.79 Å². The van der Waals surface area contributed by atoms with Gasteiger partial charge in [0, 0.05) is 31.9 Å². The van der Waals surface area contributed by atoms with Gasteiger partial charge >= 0.3 is 0 Å². The summed E-state index contributed by atoms with van der Waals surface area (Å²) in [5.41, 5.74) is 3.71. The van der Waals surface area contributed by atoms with Crippen LogP contribution in [0, 0.1) is 0 Å². The van der Waals surface area contributed by atoms with E-state index >= 15 is 0 Å². The number of hydrogen-bond acceptors (Lipinski definition) is 4. The second-order valence-corrected chi connectivity index (χ2v) is 6.88. The zero-order valence-electron chi connectivity index (χ0n) is 17.0. The summed E-state index contributed by atoms with van der Waals surface area (Å²) >= 11 is 0. The first-order valence-corrected chi connectivity index (χ1v) is 9.46. The first-order valence-electron chi connectivity index (χ1n) is 9.46. The minimum absolute atomic E-state index is 0.112. The van der Waals surface area contributed by atoms with Crippen molar-refractivity contribution in [3.05, 3.63) is 89.5 Å². The average Bonchev–Trinajstić information content (AvgIpc) is 2.77. The van der Waals surface area contributed by atoms with E-state index < -0.39 is 0 Å². The van der Waals surface area contributed by atoms with Crippen molar-refractivity contribution in [2.24, 2.45) is 0 Å². The number of ether oxygens (including phenoxy) is 2. The lowest BCUT2D eigenvalue weighted by atomic mass is 10.1. The van der Waals surface area contributed by atoms with Crippen LogP contribution in [0.15, 0.2) is 72.8 Å². The molecule has 0 aliphatic rings. The average molecular weight is 390 g/mol. The zero-order chi connectivity index (χ0) is 20.6. The van der Waals surface area contributed by atoms with Crippen molar-refractivity contribution in [1.82, 2.24) is 5.32 Å². The third-order valence-corrected chi connectivity index (χ3v) is 4.56. The number of carbonyl (C=O) groups excluding carboxylic acids is 1. The molecule has 1 amide bonds. The maximum absolute atomic E-state index is 12.4. The van der Waals surface area contributed by atoms with Crippen molar-refractivity contribution in [2.45, 2.75) is 13.2 Å². The van der Waals surface area contributed by atoms with E-state index in [9.17, 15) is 4.79 Å². The summed E-state index contributed by atoms with van der Waals surface area (Å²) in [5.74, 6) is 1.20. The van der Waals surface area contributed by atoms with Crippen LogP contribution < -0.4 is 19.7 Å². The van der Waals surface area contributed by atoms with Crippen molar-refractivity contribution in [3.8, 4) is 11.5 Å². The number of benzene rings is 3. The van der Waals surface area contributed by atoms with E-state index in [1.165, 1.54) is 0 Å². The van der Waals surface area contributed by atoms with Crippen molar-refractivity contribution in [2.75, 3.05) is 26.1 Å². The number of nitrogens with one attached hydrogen (secondary N) is 1. The van der Waals surface area contributed by atoms with Crippen molar-refractivity contribution < 1.29 is 14.3 Å². The maximum Gasteiger partial charge on any atom is 0.251 e. The van der Waals surface area contributed by atoms with Gasteiger partial charge in [0.1, 0.15) is 6.61 Å². The Labute approximate surface area is 171 Å². The predicted octanol–water partition coefficient (Wildman–Crippen LogP) is 4.27. The molecule has 3 aromatic carbocycles. The Bertz CT molecular complexity index is 938. The van der Waals surface area contributed by atoms with Crippen LogP contribution in [0.2, 0.25) is 0 Å². The van der Waals surface area contributed by atoms with Gasteiger partial charge in [0.25, 0.3) is 5.91 Å². The van der Waals surface area contributed by atoms with Crippen LogP contribution in [0.3, 0.4) is 0 Å². The normalized spacial score (nSPS) is 10.3. The molecule has 29 heavy (non-hydrogen) atoms. The van der Waals surface area contributed by atoms with Crippen molar-refractivity contribution in [3.63, 3.8) is 0 Å². The fourth-order valence-electron chi connectivity index (χ4n) is 2.87. The highest BCUT2D eigenvalue weighted by atomic mass is 16.5. The van der Waals surface area contributed by atoms with Crippen LogP contribution in [0.4, 0.5) is 5.69 Å². The van der Waals surface area contributed by atoms with E-state index in [2.05, 4.69) is 5.32 Å². The van der Waals surface area contributed by atoms with Gasteiger partial charge in [-0.1, -0.05) is 36.4 Å². The van der Waals surface area contributed by atoms with E-state index in [1.807, 2.05) is 91.8 Å². The molecule has 0 radical (unpaired) electrons. The molecule has 5 heteroatoms.